The summed E-state index contributed by atoms with van der Waals surface area (Å²) in [5.41, 5.74) is 4.24. The van der Waals surface area contributed by atoms with Gasteiger partial charge in [-0.25, -0.2) is 9.86 Å². The first-order valence-corrected chi connectivity index (χ1v) is 12.1. The van der Waals surface area contributed by atoms with E-state index in [1.54, 1.807) is 0 Å². The summed E-state index contributed by atoms with van der Waals surface area (Å²) in [6, 6.07) is 31.8. The third kappa shape index (κ3) is 7.17. The van der Waals surface area contributed by atoms with Gasteiger partial charge in [-0.2, -0.15) is 0 Å². The Labute approximate surface area is 211 Å². The van der Waals surface area contributed by atoms with Gasteiger partial charge < -0.3 is 10.1 Å². The lowest BCUT2D eigenvalue weighted by Crippen LogP contribution is -2.26. The molecule has 0 saturated heterocycles. The van der Waals surface area contributed by atoms with Crippen molar-refractivity contribution >= 4 is 23.3 Å². The molecular weight excluding hydrogens is 452 g/mol. The van der Waals surface area contributed by atoms with Gasteiger partial charge in [-0.05, 0) is 45.9 Å². The van der Waals surface area contributed by atoms with E-state index < -0.39 is 6.09 Å². The highest BCUT2D eigenvalue weighted by Crippen LogP contribution is 2.23. The number of fused-ring (bicyclic) bond motifs is 1. The number of carbonyl (C=O) groups excluding carboxylic acids is 2. The number of rotatable bonds is 12. The Kier molecular flexibility index (Phi) is 9.06. The largest absolute Gasteiger partial charge is 0.445 e. The van der Waals surface area contributed by atoms with Gasteiger partial charge >= 0.3 is 6.09 Å². The van der Waals surface area contributed by atoms with Crippen LogP contribution in [-0.2, 0) is 40.4 Å². The molecule has 0 aliphatic carbocycles. The summed E-state index contributed by atoms with van der Waals surface area (Å²) >= 11 is 0. The molecule has 0 fully saturated rings. The number of hydroxylamine groups is 2. The second kappa shape index (κ2) is 13.1. The van der Waals surface area contributed by atoms with Gasteiger partial charge in [-0.1, -0.05) is 97.1 Å². The van der Waals surface area contributed by atoms with Gasteiger partial charge in [0.2, 0.25) is 6.41 Å². The van der Waals surface area contributed by atoms with Gasteiger partial charge in [0.1, 0.15) is 13.2 Å². The monoisotopic (exact) mass is 482 g/mol. The molecular formula is C30H30N2O4. The number of amides is 2. The van der Waals surface area contributed by atoms with Crippen molar-refractivity contribution in [1.29, 1.82) is 0 Å². The third-order valence-electron chi connectivity index (χ3n) is 5.94. The molecule has 4 aromatic rings. The SMILES string of the molecule is O=CN(CCc1cccc2c(CCNC(=O)OCc3ccccc3)cccc12)OCc1ccccc1. The maximum atomic E-state index is 12.1. The highest BCUT2D eigenvalue weighted by Gasteiger charge is 2.09. The molecule has 0 aliphatic heterocycles. The van der Waals surface area contributed by atoms with E-state index in [1.807, 2.05) is 72.8 Å². The Balaban J connectivity index is 1.31. The van der Waals surface area contributed by atoms with E-state index in [-0.39, 0.29) is 6.61 Å². The lowest BCUT2D eigenvalue weighted by atomic mass is 9.97. The van der Waals surface area contributed by atoms with Crippen LogP contribution in [0, 0.1) is 0 Å². The zero-order valence-corrected chi connectivity index (χ0v) is 20.1. The fourth-order valence-electron chi connectivity index (χ4n) is 4.06. The average Bonchev–Trinajstić information content (AvgIpc) is 2.93. The number of ether oxygens (including phenoxy) is 1. The highest BCUT2D eigenvalue weighted by atomic mass is 16.7. The van der Waals surface area contributed by atoms with Crippen LogP contribution in [-0.4, -0.2) is 30.7 Å². The van der Waals surface area contributed by atoms with Crippen molar-refractivity contribution < 1.29 is 19.2 Å². The summed E-state index contributed by atoms with van der Waals surface area (Å²) in [5, 5.41) is 6.45. The van der Waals surface area contributed by atoms with E-state index in [0.717, 1.165) is 39.4 Å². The molecule has 0 heterocycles. The summed E-state index contributed by atoms with van der Waals surface area (Å²) in [7, 11) is 0. The van der Waals surface area contributed by atoms with Crippen LogP contribution in [0.15, 0.2) is 97.1 Å². The summed E-state index contributed by atoms with van der Waals surface area (Å²) in [4.78, 5) is 29.3. The summed E-state index contributed by atoms with van der Waals surface area (Å²) in [5.74, 6) is 0. The zero-order valence-electron chi connectivity index (χ0n) is 20.1. The molecule has 0 saturated carbocycles. The van der Waals surface area contributed by atoms with Crippen LogP contribution in [0.4, 0.5) is 4.79 Å². The maximum Gasteiger partial charge on any atom is 0.407 e. The molecule has 1 N–H and O–H groups in total. The minimum Gasteiger partial charge on any atom is -0.445 e. The van der Waals surface area contributed by atoms with Crippen LogP contribution in [0.1, 0.15) is 22.3 Å². The zero-order chi connectivity index (χ0) is 25.0. The van der Waals surface area contributed by atoms with E-state index in [1.165, 1.54) is 5.06 Å². The van der Waals surface area contributed by atoms with Crippen molar-refractivity contribution in [2.45, 2.75) is 26.1 Å². The molecule has 0 aromatic heterocycles. The third-order valence-corrected chi connectivity index (χ3v) is 5.94. The number of nitrogens with one attached hydrogen (secondary N) is 1. The van der Waals surface area contributed by atoms with Crippen LogP contribution in [0.25, 0.3) is 10.8 Å². The molecule has 6 nitrogen and oxygen atoms in total. The molecule has 0 aliphatic rings. The molecule has 4 rings (SSSR count). The molecule has 2 amide bonds. The van der Waals surface area contributed by atoms with Crippen molar-refractivity contribution in [2.24, 2.45) is 0 Å². The second-order valence-corrected chi connectivity index (χ2v) is 8.42. The quantitative estimate of drug-likeness (QED) is 0.216. The minimum absolute atomic E-state index is 0.247. The lowest BCUT2D eigenvalue weighted by molar-refractivity contribution is -0.177. The van der Waals surface area contributed by atoms with Crippen molar-refractivity contribution in [3.63, 3.8) is 0 Å². The van der Waals surface area contributed by atoms with E-state index >= 15 is 0 Å². The van der Waals surface area contributed by atoms with Crippen LogP contribution >= 0.6 is 0 Å². The lowest BCUT2D eigenvalue weighted by Gasteiger charge is -2.18. The Bertz CT molecular complexity index is 1260. The van der Waals surface area contributed by atoms with Gasteiger partial charge in [0.05, 0.1) is 6.54 Å². The number of benzene rings is 4. The van der Waals surface area contributed by atoms with E-state index in [0.29, 0.717) is 32.5 Å². The second-order valence-electron chi connectivity index (χ2n) is 8.42. The van der Waals surface area contributed by atoms with E-state index in [9.17, 15) is 9.59 Å². The molecule has 0 atom stereocenters. The smallest absolute Gasteiger partial charge is 0.407 e. The molecule has 0 unspecified atom stereocenters. The normalized spacial score (nSPS) is 10.7. The van der Waals surface area contributed by atoms with Gasteiger partial charge in [-0.15, -0.1) is 0 Å². The summed E-state index contributed by atoms with van der Waals surface area (Å²) < 4.78 is 5.29. The number of nitrogens with zero attached hydrogens (tertiary/aromatic N) is 1. The molecule has 0 radical (unpaired) electrons. The predicted octanol–water partition coefficient (Wildman–Crippen LogP) is 5.44. The van der Waals surface area contributed by atoms with Crippen molar-refractivity contribution in [1.82, 2.24) is 10.4 Å². The molecule has 0 spiro atoms. The minimum atomic E-state index is -0.427. The summed E-state index contributed by atoms with van der Waals surface area (Å²) in [6.45, 7) is 1.52. The van der Waals surface area contributed by atoms with Gasteiger partial charge in [0.15, 0.2) is 0 Å². The van der Waals surface area contributed by atoms with Gasteiger partial charge in [0, 0.05) is 6.54 Å². The number of hydrogen-bond acceptors (Lipinski definition) is 4. The number of alkyl carbamates (subject to hydrolysis) is 1. The fraction of sp³-hybridized carbons (Fsp3) is 0.200. The van der Waals surface area contributed by atoms with E-state index in [2.05, 4.69) is 29.6 Å². The Morgan fingerprint density at radius 2 is 1.31 bits per heavy atom. The van der Waals surface area contributed by atoms with Crippen LogP contribution < -0.4 is 5.32 Å². The fourth-order valence-corrected chi connectivity index (χ4v) is 4.06. The molecule has 184 valence electrons. The molecule has 6 heteroatoms. The summed E-state index contributed by atoms with van der Waals surface area (Å²) in [6.07, 6.45) is 1.65. The van der Waals surface area contributed by atoms with Crippen LogP contribution in [0.3, 0.4) is 0 Å². The molecule has 4 aromatic carbocycles. The Morgan fingerprint density at radius 3 is 1.92 bits per heavy atom. The first kappa shape index (κ1) is 24.9. The Hall–Kier alpha value is -4.16. The molecule has 36 heavy (non-hydrogen) atoms. The number of hydrogen-bond donors (Lipinski definition) is 1. The maximum absolute atomic E-state index is 12.1. The van der Waals surface area contributed by atoms with Gasteiger partial charge in [-0.3, -0.25) is 9.63 Å². The first-order valence-electron chi connectivity index (χ1n) is 12.1. The van der Waals surface area contributed by atoms with Crippen molar-refractivity contribution in [3.05, 3.63) is 119 Å². The van der Waals surface area contributed by atoms with Gasteiger partial charge in [0.25, 0.3) is 0 Å². The van der Waals surface area contributed by atoms with Crippen LogP contribution in [0.2, 0.25) is 0 Å². The highest BCUT2D eigenvalue weighted by molar-refractivity contribution is 5.88. The van der Waals surface area contributed by atoms with E-state index in [4.69, 9.17) is 9.57 Å². The first-order chi connectivity index (χ1) is 17.7. The Morgan fingerprint density at radius 1 is 0.722 bits per heavy atom. The molecule has 0 bridgehead atoms. The van der Waals surface area contributed by atoms with Crippen molar-refractivity contribution in [3.8, 4) is 0 Å². The van der Waals surface area contributed by atoms with Crippen LogP contribution in [0.5, 0.6) is 0 Å². The van der Waals surface area contributed by atoms with Crippen molar-refractivity contribution in [2.75, 3.05) is 13.1 Å². The standard InChI is InChI=1S/C30H30N2O4/c33-23-32(36-22-25-11-5-2-6-12-25)20-18-27-14-8-15-28-26(13-7-16-29(27)28)17-19-31-30(34)35-21-24-9-3-1-4-10-24/h1-16,23H,17-22H2,(H,31,34). The number of carbonyl (C=O) groups is 2. The topological polar surface area (TPSA) is 67.9 Å². The predicted molar refractivity (Wildman–Crippen MR) is 140 cm³/mol. The average molecular weight is 483 g/mol.